The zero-order chi connectivity index (χ0) is 17.0. The first-order valence-electron chi connectivity index (χ1n) is 9.01. The highest BCUT2D eigenvalue weighted by atomic mass is 127. The van der Waals surface area contributed by atoms with Crippen molar-refractivity contribution in [3.8, 4) is 0 Å². The molecule has 0 rings (SSSR count). The fourth-order valence-corrected chi connectivity index (χ4v) is 1.88. The standard InChI is InChI=1S/C17H37N3O3.HI/c1-4-6-13-22-15-16-23-14-11-20-17(18-5-2)19-10-8-7-9-12-21-3;/h4-16H2,1-3H3,(H2,18,19,20);1H. The molecule has 0 aromatic heterocycles. The molecule has 0 fully saturated rings. The Morgan fingerprint density at radius 1 is 0.833 bits per heavy atom. The summed E-state index contributed by atoms with van der Waals surface area (Å²) in [6.07, 6.45) is 5.63. The third-order valence-electron chi connectivity index (χ3n) is 3.17. The zero-order valence-electron chi connectivity index (χ0n) is 15.8. The second-order valence-electron chi connectivity index (χ2n) is 5.32. The second kappa shape index (κ2) is 22.9. The molecule has 0 aromatic rings. The van der Waals surface area contributed by atoms with E-state index in [0.717, 1.165) is 64.5 Å². The van der Waals surface area contributed by atoms with Crippen LogP contribution in [0.5, 0.6) is 0 Å². The molecule has 0 saturated carbocycles. The normalized spacial score (nSPS) is 11.2. The molecule has 146 valence electrons. The SMILES string of the molecule is CCCCOCCOCCNC(=NCCCCCOC)NCC.I. The van der Waals surface area contributed by atoms with Crippen LogP contribution in [0.1, 0.15) is 46.0 Å². The van der Waals surface area contributed by atoms with Crippen LogP contribution in [0.2, 0.25) is 0 Å². The Bertz CT molecular complexity index is 269. The highest BCUT2D eigenvalue weighted by Gasteiger charge is 1.97. The molecule has 0 amide bonds. The molecule has 0 bridgehead atoms. The Labute approximate surface area is 165 Å². The Morgan fingerprint density at radius 2 is 1.58 bits per heavy atom. The molecule has 0 aromatic carbocycles. The number of methoxy groups -OCH3 is 1. The molecule has 0 heterocycles. The summed E-state index contributed by atoms with van der Waals surface area (Å²) in [6, 6.07) is 0. The van der Waals surface area contributed by atoms with Crippen molar-refractivity contribution in [2.75, 3.05) is 59.8 Å². The van der Waals surface area contributed by atoms with Crippen molar-refractivity contribution >= 4 is 29.9 Å². The Kier molecular flexibility index (Phi) is 24.9. The lowest BCUT2D eigenvalue weighted by atomic mass is 10.2. The van der Waals surface area contributed by atoms with Crippen LogP contribution >= 0.6 is 24.0 Å². The average molecular weight is 459 g/mol. The molecule has 7 heteroatoms. The minimum Gasteiger partial charge on any atom is -0.385 e. The van der Waals surface area contributed by atoms with E-state index in [9.17, 15) is 0 Å². The van der Waals surface area contributed by atoms with Crippen LogP contribution in [0.15, 0.2) is 4.99 Å². The molecular formula is C17H38IN3O3. The van der Waals surface area contributed by atoms with Crippen LogP contribution in [0, 0.1) is 0 Å². The summed E-state index contributed by atoms with van der Waals surface area (Å²) >= 11 is 0. The molecule has 0 aliphatic heterocycles. The Hall–Kier alpha value is -0.120. The van der Waals surface area contributed by atoms with E-state index in [2.05, 4.69) is 29.5 Å². The van der Waals surface area contributed by atoms with E-state index in [1.54, 1.807) is 7.11 Å². The summed E-state index contributed by atoms with van der Waals surface area (Å²) in [4.78, 5) is 4.55. The largest absolute Gasteiger partial charge is 0.385 e. The van der Waals surface area contributed by atoms with Crippen LogP contribution in [0.4, 0.5) is 0 Å². The molecule has 0 aliphatic carbocycles. The quantitative estimate of drug-likeness (QED) is 0.161. The van der Waals surface area contributed by atoms with Crippen molar-refractivity contribution in [2.45, 2.75) is 46.0 Å². The number of rotatable bonds is 16. The lowest BCUT2D eigenvalue weighted by molar-refractivity contribution is 0.0487. The molecule has 0 unspecified atom stereocenters. The second-order valence-corrected chi connectivity index (χ2v) is 5.32. The molecule has 0 saturated heterocycles. The maximum Gasteiger partial charge on any atom is 0.191 e. The maximum atomic E-state index is 5.53. The van der Waals surface area contributed by atoms with Crippen LogP contribution < -0.4 is 10.6 Å². The number of guanidine groups is 1. The number of nitrogens with zero attached hydrogens (tertiary/aromatic N) is 1. The molecule has 0 aliphatic rings. The van der Waals surface area contributed by atoms with Crippen molar-refractivity contribution in [1.82, 2.24) is 10.6 Å². The van der Waals surface area contributed by atoms with Crippen LogP contribution in [-0.4, -0.2) is 65.7 Å². The van der Waals surface area contributed by atoms with E-state index < -0.39 is 0 Å². The Balaban J connectivity index is 0. The predicted octanol–water partition coefficient (Wildman–Crippen LogP) is 2.81. The van der Waals surface area contributed by atoms with E-state index >= 15 is 0 Å². The highest BCUT2D eigenvalue weighted by molar-refractivity contribution is 14.0. The maximum absolute atomic E-state index is 5.53. The van der Waals surface area contributed by atoms with Crippen molar-refractivity contribution in [2.24, 2.45) is 4.99 Å². The number of ether oxygens (including phenoxy) is 3. The van der Waals surface area contributed by atoms with E-state index in [-0.39, 0.29) is 24.0 Å². The van der Waals surface area contributed by atoms with Gasteiger partial charge in [-0.25, -0.2) is 0 Å². The van der Waals surface area contributed by atoms with Gasteiger partial charge >= 0.3 is 0 Å². The fraction of sp³-hybridized carbons (Fsp3) is 0.941. The lowest BCUT2D eigenvalue weighted by Gasteiger charge is -2.11. The molecule has 2 N–H and O–H groups in total. The van der Waals surface area contributed by atoms with Crippen molar-refractivity contribution in [3.63, 3.8) is 0 Å². The van der Waals surface area contributed by atoms with Crippen LogP contribution in [-0.2, 0) is 14.2 Å². The molecule has 0 radical (unpaired) electrons. The van der Waals surface area contributed by atoms with Gasteiger partial charge in [0.15, 0.2) is 5.96 Å². The molecular weight excluding hydrogens is 421 g/mol. The summed E-state index contributed by atoms with van der Waals surface area (Å²) in [5.74, 6) is 0.863. The summed E-state index contributed by atoms with van der Waals surface area (Å²) in [5.41, 5.74) is 0. The van der Waals surface area contributed by atoms with Crippen LogP contribution in [0.3, 0.4) is 0 Å². The number of aliphatic imine (C=N–C) groups is 1. The average Bonchev–Trinajstić information content (AvgIpc) is 2.56. The van der Waals surface area contributed by atoms with Gasteiger partial charge in [-0.2, -0.15) is 0 Å². The van der Waals surface area contributed by atoms with E-state index in [0.29, 0.717) is 19.8 Å². The molecule has 6 nitrogen and oxygen atoms in total. The topological polar surface area (TPSA) is 64.1 Å². The number of hydrogen-bond donors (Lipinski definition) is 2. The zero-order valence-corrected chi connectivity index (χ0v) is 18.1. The van der Waals surface area contributed by atoms with Gasteiger partial charge in [0.05, 0.1) is 19.8 Å². The molecule has 0 spiro atoms. The summed E-state index contributed by atoms with van der Waals surface area (Å²) in [7, 11) is 1.74. The van der Waals surface area contributed by atoms with E-state index in [4.69, 9.17) is 14.2 Å². The van der Waals surface area contributed by atoms with Gasteiger partial charge < -0.3 is 24.8 Å². The fourth-order valence-electron chi connectivity index (χ4n) is 1.88. The summed E-state index contributed by atoms with van der Waals surface area (Å²) in [6.45, 7) is 10.3. The van der Waals surface area contributed by atoms with Crippen molar-refractivity contribution < 1.29 is 14.2 Å². The van der Waals surface area contributed by atoms with Gasteiger partial charge in [0.2, 0.25) is 0 Å². The van der Waals surface area contributed by atoms with Gasteiger partial charge in [-0.05, 0) is 32.6 Å². The van der Waals surface area contributed by atoms with Gasteiger partial charge in [0.25, 0.3) is 0 Å². The van der Waals surface area contributed by atoms with Crippen molar-refractivity contribution in [3.05, 3.63) is 0 Å². The van der Waals surface area contributed by atoms with Gasteiger partial charge in [-0.15, -0.1) is 24.0 Å². The number of hydrogen-bond acceptors (Lipinski definition) is 4. The third kappa shape index (κ3) is 19.9. The van der Waals surface area contributed by atoms with Crippen LogP contribution in [0.25, 0.3) is 0 Å². The van der Waals surface area contributed by atoms with Crippen molar-refractivity contribution in [1.29, 1.82) is 0 Å². The van der Waals surface area contributed by atoms with Gasteiger partial charge in [0.1, 0.15) is 0 Å². The molecule has 0 atom stereocenters. The first-order chi connectivity index (χ1) is 11.3. The lowest BCUT2D eigenvalue weighted by Crippen LogP contribution is -2.39. The predicted molar refractivity (Wildman–Crippen MR) is 112 cm³/mol. The Morgan fingerprint density at radius 3 is 2.25 bits per heavy atom. The first-order valence-corrected chi connectivity index (χ1v) is 9.01. The van der Waals surface area contributed by atoms with E-state index in [1.165, 1.54) is 6.42 Å². The van der Waals surface area contributed by atoms with Gasteiger partial charge in [0, 0.05) is 40.0 Å². The van der Waals surface area contributed by atoms with Gasteiger partial charge in [-0.1, -0.05) is 13.3 Å². The first kappa shape index (κ1) is 26.1. The minimum absolute atomic E-state index is 0. The smallest absolute Gasteiger partial charge is 0.191 e. The number of halogens is 1. The summed E-state index contributed by atoms with van der Waals surface area (Å²) < 4.78 is 16.0. The minimum atomic E-state index is 0. The van der Waals surface area contributed by atoms with E-state index in [1.807, 2.05) is 0 Å². The molecule has 24 heavy (non-hydrogen) atoms. The third-order valence-corrected chi connectivity index (χ3v) is 3.17. The highest BCUT2D eigenvalue weighted by Crippen LogP contribution is 1.95. The monoisotopic (exact) mass is 459 g/mol. The summed E-state index contributed by atoms with van der Waals surface area (Å²) in [5, 5.41) is 6.53. The number of nitrogens with one attached hydrogen (secondary N) is 2. The number of unbranched alkanes of at least 4 members (excludes halogenated alkanes) is 3. The van der Waals surface area contributed by atoms with Gasteiger partial charge in [-0.3, -0.25) is 4.99 Å².